The number of rotatable bonds is 11. The highest BCUT2D eigenvalue weighted by Gasteiger charge is 2.70. The van der Waals surface area contributed by atoms with E-state index in [4.69, 9.17) is 9.84 Å². The lowest BCUT2D eigenvalue weighted by molar-refractivity contribution is -0.141. The molecule has 3 N–H and O–H groups in total. The maximum atomic E-state index is 15.2. The van der Waals surface area contributed by atoms with Crippen LogP contribution in [0.15, 0.2) is 84.4 Å². The number of hydrogen-bond donors (Lipinski definition) is 3. The molecule has 51 heavy (non-hydrogen) atoms. The van der Waals surface area contributed by atoms with E-state index < -0.39 is 52.8 Å². The number of anilines is 1. The monoisotopic (exact) mass is 691 g/mol. The minimum absolute atomic E-state index is 0.0219. The number of benzene rings is 3. The standard InChI is InChI=1S/C40H41N3O8/c1-23-15-17-25(18-16-23)41-43-37(48)30-22-29-26(19-20-27-33(29)38(49)42(36(27)47)21-8-4-7-14-32(44)45)34(28-12-9-13-31(51-2)35(28)46)40(30,39(43)50)24-10-5-3-6-11-24/h3,5-6,9-13,15-19,27,29-30,33-34,41,46H,4,7-8,14,20-22H2,1-2H3,(H,44,45). The van der Waals surface area contributed by atoms with Crippen molar-refractivity contribution in [3.63, 3.8) is 0 Å². The fraction of sp³-hybridized carbons (Fsp3) is 0.375. The molecule has 11 heteroatoms. The average molecular weight is 692 g/mol. The van der Waals surface area contributed by atoms with Crippen LogP contribution < -0.4 is 10.2 Å². The number of unbranched alkanes of at least 4 members (excludes halogenated alkanes) is 2. The minimum atomic E-state index is -1.51. The molecule has 6 atom stereocenters. The molecule has 3 aromatic rings. The van der Waals surface area contributed by atoms with E-state index in [1.807, 2.05) is 55.5 Å². The fourth-order valence-electron chi connectivity index (χ4n) is 9.04. The number of phenolic OH excluding ortho intramolecular Hbond substituents is 1. The van der Waals surface area contributed by atoms with Crippen molar-refractivity contribution >= 4 is 35.3 Å². The number of carbonyl (C=O) groups excluding carboxylic acids is 4. The van der Waals surface area contributed by atoms with Crippen molar-refractivity contribution in [2.45, 2.75) is 56.8 Å². The largest absolute Gasteiger partial charge is 0.504 e. The third-order valence-corrected chi connectivity index (χ3v) is 11.3. The SMILES string of the molecule is COc1cccc(C2C3=CCC4C(=O)N(CCCCCC(=O)O)C(=O)C4C3CC3C(=O)N(Nc4ccc(C)cc4)C(=O)C32c2ccccc2)c1O. The second kappa shape index (κ2) is 13.4. The number of amides is 4. The molecule has 4 aliphatic rings. The Balaban J connectivity index is 1.35. The van der Waals surface area contributed by atoms with Crippen LogP contribution in [0, 0.1) is 30.6 Å². The number of allylic oxidation sites excluding steroid dienone is 2. The highest BCUT2D eigenvalue weighted by Crippen LogP contribution is 2.65. The van der Waals surface area contributed by atoms with E-state index in [0.29, 0.717) is 36.1 Å². The summed E-state index contributed by atoms with van der Waals surface area (Å²) in [5.41, 5.74) is 4.87. The summed E-state index contributed by atoms with van der Waals surface area (Å²) in [6, 6.07) is 21.6. The van der Waals surface area contributed by atoms with Crippen LogP contribution in [0.3, 0.4) is 0 Å². The number of hydrogen-bond acceptors (Lipinski definition) is 8. The Bertz CT molecular complexity index is 1930. The number of aryl methyl sites for hydroxylation is 1. The maximum Gasteiger partial charge on any atom is 0.303 e. The summed E-state index contributed by atoms with van der Waals surface area (Å²) in [6.07, 6.45) is 3.88. The highest BCUT2D eigenvalue weighted by molar-refractivity contribution is 6.13. The Labute approximate surface area is 295 Å². The van der Waals surface area contributed by atoms with E-state index in [0.717, 1.165) is 16.1 Å². The maximum absolute atomic E-state index is 15.2. The van der Waals surface area contributed by atoms with Gasteiger partial charge in [0.05, 0.1) is 36.0 Å². The molecule has 0 spiro atoms. The lowest BCUT2D eigenvalue weighted by atomic mass is 9.49. The van der Waals surface area contributed by atoms with Crippen molar-refractivity contribution in [2.75, 3.05) is 19.1 Å². The third kappa shape index (κ3) is 5.46. The highest BCUT2D eigenvalue weighted by atomic mass is 16.5. The number of phenols is 1. The molecular formula is C40H41N3O8. The zero-order valence-electron chi connectivity index (χ0n) is 28.6. The summed E-state index contributed by atoms with van der Waals surface area (Å²) in [6.45, 7) is 2.13. The Morgan fingerprint density at radius 2 is 1.65 bits per heavy atom. The summed E-state index contributed by atoms with van der Waals surface area (Å²) in [5.74, 6) is -6.12. The number of nitrogens with one attached hydrogen (secondary N) is 1. The molecule has 6 unspecified atom stereocenters. The zero-order valence-corrected chi connectivity index (χ0v) is 28.6. The van der Waals surface area contributed by atoms with Crippen molar-refractivity contribution in [3.05, 3.63) is 101 Å². The van der Waals surface area contributed by atoms with Gasteiger partial charge in [-0.2, -0.15) is 5.01 Å². The molecule has 3 aromatic carbocycles. The number of para-hydroxylation sites is 1. The van der Waals surface area contributed by atoms with Gasteiger partial charge in [-0.05, 0) is 62.3 Å². The lowest BCUT2D eigenvalue weighted by Gasteiger charge is -2.50. The van der Waals surface area contributed by atoms with E-state index in [1.165, 1.54) is 12.0 Å². The number of imide groups is 2. The number of carboxylic acid groups (broad SMARTS) is 1. The first-order valence-corrected chi connectivity index (χ1v) is 17.5. The summed E-state index contributed by atoms with van der Waals surface area (Å²) in [4.78, 5) is 70.3. The first-order chi connectivity index (χ1) is 24.6. The van der Waals surface area contributed by atoms with Gasteiger partial charge >= 0.3 is 5.97 Å². The number of hydrazine groups is 1. The van der Waals surface area contributed by atoms with E-state index in [-0.39, 0.29) is 49.1 Å². The molecule has 264 valence electrons. The van der Waals surface area contributed by atoms with Gasteiger partial charge < -0.3 is 14.9 Å². The minimum Gasteiger partial charge on any atom is -0.504 e. The van der Waals surface area contributed by atoms with Crippen molar-refractivity contribution in [2.24, 2.45) is 23.7 Å². The van der Waals surface area contributed by atoms with E-state index >= 15 is 4.79 Å². The number of carboxylic acids is 1. The molecule has 0 radical (unpaired) electrons. The van der Waals surface area contributed by atoms with Crippen molar-refractivity contribution in [1.82, 2.24) is 9.91 Å². The molecule has 4 amide bonds. The Morgan fingerprint density at radius 3 is 2.35 bits per heavy atom. The summed E-state index contributed by atoms with van der Waals surface area (Å²) in [7, 11) is 1.44. The molecular weight excluding hydrogens is 650 g/mol. The second-order valence-electron chi connectivity index (χ2n) is 14.0. The van der Waals surface area contributed by atoms with Crippen LogP contribution in [-0.2, 0) is 29.4 Å². The van der Waals surface area contributed by atoms with Gasteiger partial charge in [-0.3, -0.25) is 34.3 Å². The van der Waals surface area contributed by atoms with Gasteiger partial charge in [0.2, 0.25) is 11.8 Å². The topological polar surface area (TPSA) is 154 Å². The number of nitrogens with zero attached hydrogens (tertiary/aromatic N) is 2. The average Bonchev–Trinajstić information content (AvgIpc) is 3.50. The van der Waals surface area contributed by atoms with Crippen LogP contribution in [0.1, 0.15) is 61.1 Å². The Kier molecular flexibility index (Phi) is 8.91. The van der Waals surface area contributed by atoms with Crippen molar-refractivity contribution < 1.29 is 38.9 Å². The number of aromatic hydroxyl groups is 1. The molecule has 2 heterocycles. The predicted molar refractivity (Wildman–Crippen MR) is 186 cm³/mol. The Morgan fingerprint density at radius 1 is 0.902 bits per heavy atom. The number of fused-ring (bicyclic) bond motifs is 4. The van der Waals surface area contributed by atoms with Crippen LogP contribution in [-0.4, -0.2) is 63.4 Å². The van der Waals surface area contributed by atoms with Crippen LogP contribution in [0.4, 0.5) is 5.69 Å². The molecule has 0 aromatic heterocycles. The summed E-state index contributed by atoms with van der Waals surface area (Å²) in [5, 5.41) is 21.8. The normalized spacial score (nSPS) is 26.8. The van der Waals surface area contributed by atoms with E-state index in [1.54, 1.807) is 30.3 Å². The molecule has 3 fully saturated rings. The van der Waals surface area contributed by atoms with Gasteiger partial charge in [-0.15, -0.1) is 0 Å². The van der Waals surface area contributed by atoms with E-state index in [9.17, 15) is 24.3 Å². The first kappa shape index (κ1) is 34.0. The van der Waals surface area contributed by atoms with Gasteiger partial charge in [-0.25, -0.2) is 0 Å². The second-order valence-corrected chi connectivity index (χ2v) is 14.0. The van der Waals surface area contributed by atoms with Crippen LogP contribution in [0.25, 0.3) is 0 Å². The molecule has 2 aliphatic heterocycles. The van der Waals surface area contributed by atoms with Crippen LogP contribution in [0.5, 0.6) is 11.5 Å². The van der Waals surface area contributed by atoms with Gasteiger partial charge in [0.15, 0.2) is 11.5 Å². The number of ether oxygens (including phenoxy) is 1. The number of methoxy groups -OCH3 is 1. The number of aliphatic carboxylic acids is 1. The van der Waals surface area contributed by atoms with Crippen molar-refractivity contribution in [1.29, 1.82) is 0 Å². The molecule has 11 nitrogen and oxygen atoms in total. The van der Waals surface area contributed by atoms with Gasteiger partial charge in [0.1, 0.15) is 0 Å². The van der Waals surface area contributed by atoms with Gasteiger partial charge in [-0.1, -0.05) is 78.2 Å². The predicted octanol–water partition coefficient (Wildman–Crippen LogP) is 5.34. The summed E-state index contributed by atoms with van der Waals surface area (Å²) >= 11 is 0. The van der Waals surface area contributed by atoms with Gasteiger partial charge in [0, 0.05) is 24.4 Å². The van der Waals surface area contributed by atoms with Crippen molar-refractivity contribution in [3.8, 4) is 11.5 Å². The molecule has 0 bridgehead atoms. The molecule has 2 saturated heterocycles. The third-order valence-electron chi connectivity index (χ3n) is 11.3. The van der Waals surface area contributed by atoms with Crippen LogP contribution in [0.2, 0.25) is 0 Å². The quantitative estimate of drug-likeness (QED) is 0.137. The number of carbonyl (C=O) groups is 5. The van der Waals surface area contributed by atoms with Crippen LogP contribution >= 0.6 is 0 Å². The van der Waals surface area contributed by atoms with Gasteiger partial charge in [0.25, 0.3) is 11.8 Å². The smallest absolute Gasteiger partial charge is 0.303 e. The zero-order chi connectivity index (χ0) is 36.0. The molecule has 2 aliphatic carbocycles. The first-order valence-electron chi connectivity index (χ1n) is 17.5. The fourth-order valence-corrected chi connectivity index (χ4v) is 9.04. The molecule has 7 rings (SSSR count). The Hall–Kier alpha value is -5.45. The summed E-state index contributed by atoms with van der Waals surface area (Å²) < 4.78 is 5.52. The number of likely N-dealkylation sites (tertiary alicyclic amines) is 1. The molecule has 1 saturated carbocycles. The van der Waals surface area contributed by atoms with E-state index in [2.05, 4.69) is 5.43 Å². The lowest BCUT2D eigenvalue weighted by Crippen LogP contribution is -2.53.